The Labute approximate surface area is 86.1 Å². The van der Waals surface area contributed by atoms with Crippen LogP contribution < -0.4 is 0 Å². The summed E-state index contributed by atoms with van der Waals surface area (Å²) in [6.45, 7) is 4.47. The maximum atomic E-state index is 8.71. The second kappa shape index (κ2) is 4.97. The maximum absolute atomic E-state index is 8.71. The predicted molar refractivity (Wildman–Crippen MR) is 60.2 cm³/mol. The molecule has 0 saturated carbocycles. The molecule has 0 heterocycles. The van der Waals surface area contributed by atoms with E-state index in [0.29, 0.717) is 0 Å². The molecule has 1 aromatic rings. The third-order valence-electron chi connectivity index (χ3n) is 2.18. The quantitative estimate of drug-likeness (QED) is 0.724. The highest BCUT2D eigenvalue weighted by atomic mass is 16.2. The Bertz CT molecular complexity index is 285. The zero-order valence-corrected chi connectivity index (χ0v) is 8.90. The highest BCUT2D eigenvalue weighted by Crippen LogP contribution is 2.23. The van der Waals surface area contributed by atoms with Gasteiger partial charge in [-0.05, 0) is 17.4 Å². The fraction of sp³-hybridized carbons (Fsp3) is 0.385. The number of aliphatic hydroxyl groups is 1. The van der Waals surface area contributed by atoms with Crippen molar-refractivity contribution >= 4 is 0 Å². The molecule has 0 spiro atoms. The van der Waals surface area contributed by atoms with Crippen molar-refractivity contribution in [2.24, 2.45) is 5.41 Å². The van der Waals surface area contributed by atoms with Gasteiger partial charge in [-0.1, -0.05) is 56.3 Å². The van der Waals surface area contributed by atoms with E-state index in [9.17, 15) is 0 Å². The average Bonchev–Trinajstić information content (AvgIpc) is 2.16. The molecule has 0 amide bonds. The van der Waals surface area contributed by atoms with Crippen LogP contribution in [0.15, 0.2) is 42.5 Å². The summed E-state index contributed by atoms with van der Waals surface area (Å²) in [5.41, 5.74) is 1.45. The first-order chi connectivity index (χ1) is 6.64. The Morgan fingerprint density at radius 2 is 1.86 bits per heavy atom. The molecule has 0 aliphatic rings. The fourth-order valence-electron chi connectivity index (χ4n) is 1.55. The average molecular weight is 190 g/mol. The van der Waals surface area contributed by atoms with Crippen molar-refractivity contribution in [3.63, 3.8) is 0 Å². The molecular weight excluding hydrogens is 172 g/mol. The van der Waals surface area contributed by atoms with Gasteiger partial charge in [0, 0.05) is 0 Å². The summed E-state index contributed by atoms with van der Waals surface area (Å²) in [7, 11) is 0. The number of aliphatic hydroxyl groups excluding tert-OH is 1. The molecule has 0 unspecified atom stereocenters. The van der Waals surface area contributed by atoms with Crippen LogP contribution in [0.3, 0.4) is 0 Å². The van der Waals surface area contributed by atoms with E-state index in [1.165, 1.54) is 5.56 Å². The second-order valence-corrected chi connectivity index (χ2v) is 4.24. The summed E-state index contributed by atoms with van der Waals surface area (Å²) >= 11 is 0. The van der Waals surface area contributed by atoms with Crippen LogP contribution >= 0.6 is 0 Å². The van der Waals surface area contributed by atoms with E-state index in [2.05, 4.69) is 44.2 Å². The first kappa shape index (κ1) is 11.0. The van der Waals surface area contributed by atoms with Crippen molar-refractivity contribution < 1.29 is 5.11 Å². The molecule has 0 aliphatic carbocycles. The van der Waals surface area contributed by atoms with Crippen LogP contribution in [0.4, 0.5) is 0 Å². The topological polar surface area (TPSA) is 20.2 Å². The zero-order chi connectivity index (χ0) is 10.4. The lowest BCUT2D eigenvalue weighted by Crippen LogP contribution is -2.11. The lowest BCUT2D eigenvalue weighted by Gasteiger charge is -2.20. The minimum absolute atomic E-state index is 0.115. The van der Waals surface area contributed by atoms with Crippen molar-refractivity contribution in [3.8, 4) is 0 Å². The van der Waals surface area contributed by atoms with Gasteiger partial charge in [0.1, 0.15) is 0 Å². The Hall–Kier alpha value is -1.08. The van der Waals surface area contributed by atoms with E-state index in [1.807, 2.05) is 12.1 Å². The molecule has 14 heavy (non-hydrogen) atoms. The predicted octanol–water partition coefficient (Wildman–Crippen LogP) is 2.80. The van der Waals surface area contributed by atoms with Crippen molar-refractivity contribution in [2.75, 3.05) is 6.61 Å². The van der Waals surface area contributed by atoms with Crippen LogP contribution in [0.1, 0.15) is 19.4 Å². The highest BCUT2D eigenvalue weighted by Gasteiger charge is 2.13. The Balaban J connectivity index is 2.63. The van der Waals surface area contributed by atoms with Gasteiger partial charge in [-0.15, -0.1) is 0 Å². The van der Waals surface area contributed by atoms with Crippen molar-refractivity contribution in [3.05, 3.63) is 48.0 Å². The van der Waals surface area contributed by atoms with Gasteiger partial charge < -0.3 is 5.11 Å². The third kappa shape index (κ3) is 3.75. The van der Waals surface area contributed by atoms with Gasteiger partial charge >= 0.3 is 0 Å². The summed E-state index contributed by atoms with van der Waals surface area (Å²) in [4.78, 5) is 0. The number of rotatable bonds is 4. The molecule has 0 aliphatic heterocycles. The number of hydrogen-bond acceptors (Lipinski definition) is 1. The second-order valence-electron chi connectivity index (χ2n) is 4.24. The standard InChI is InChI=1S/C13H18O/c1-13(2,9-6-10-14)11-12-7-4-3-5-8-12/h3-9,14H,10-11H2,1-2H3. The number of hydrogen-bond donors (Lipinski definition) is 1. The Morgan fingerprint density at radius 3 is 2.43 bits per heavy atom. The van der Waals surface area contributed by atoms with Gasteiger partial charge in [0.2, 0.25) is 0 Å². The Morgan fingerprint density at radius 1 is 1.21 bits per heavy atom. The van der Waals surface area contributed by atoms with E-state index in [1.54, 1.807) is 0 Å². The number of allylic oxidation sites excluding steroid dienone is 1. The minimum Gasteiger partial charge on any atom is -0.392 e. The molecule has 1 N–H and O–H groups in total. The maximum Gasteiger partial charge on any atom is 0.0612 e. The molecule has 0 aromatic heterocycles. The molecule has 1 nitrogen and oxygen atoms in total. The molecule has 1 aromatic carbocycles. The minimum atomic E-state index is 0.115. The fourth-order valence-corrected chi connectivity index (χ4v) is 1.55. The van der Waals surface area contributed by atoms with Crippen LogP contribution in [0, 0.1) is 5.41 Å². The summed E-state index contributed by atoms with van der Waals surface area (Å²) in [6.07, 6.45) is 4.88. The Kier molecular flexibility index (Phi) is 3.90. The van der Waals surface area contributed by atoms with Gasteiger partial charge in [-0.3, -0.25) is 0 Å². The first-order valence-electron chi connectivity index (χ1n) is 4.96. The lowest BCUT2D eigenvalue weighted by molar-refractivity contribution is 0.339. The molecule has 0 bridgehead atoms. The molecule has 76 valence electrons. The van der Waals surface area contributed by atoms with Crippen LogP contribution in [-0.4, -0.2) is 11.7 Å². The van der Waals surface area contributed by atoms with Crippen molar-refractivity contribution in [1.29, 1.82) is 0 Å². The van der Waals surface area contributed by atoms with Gasteiger partial charge in [0.15, 0.2) is 0 Å². The highest BCUT2D eigenvalue weighted by molar-refractivity contribution is 5.17. The lowest BCUT2D eigenvalue weighted by atomic mass is 9.85. The van der Waals surface area contributed by atoms with Crippen LogP contribution in [0.2, 0.25) is 0 Å². The van der Waals surface area contributed by atoms with Crippen LogP contribution in [-0.2, 0) is 6.42 Å². The summed E-state index contributed by atoms with van der Waals surface area (Å²) in [6, 6.07) is 10.4. The normalized spacial score (nSPS) is 12.2. The monoisotopic (exact) mass is 190 g/mol. The van der Waals surface area contributed by atoms with E-state index in [-0.39, 0.29) is 12.0 Å². The van der Waals surface area contributed by atoms with Gasteiger partial charge in [0.05, 0.1) is 6.61 Å². The third-order valence-corrected chi connectivity index (χ3v) is 2.18. The number of benzene rings is 1. The van der Waals surface area contributed by atoms with Gasteiger partial charge in [-0.2, -0.15) is 0 Å². The smallest absolute Gasteiger partial charge is 0.0612 e. The largest absolute Gasteiger partial charge is 0.392 e. The van der Waals surface area contributed by atoms with E-state index in [4.69, 9.17) is 5.11 Å². The van der Waals surface area contributed by atoms with Gasteiger partial charge in [-0.25, -0.2) is 0 Å². The summed E-state index contributed by atoms with van der Waals surface area (Å²) in [5, 5.41) is 8.71. The molecule has 0 radical (unpaired) electrons. The van der Waals surface area contributed by atoms with Crippen LogP contribution in [0.25, 0.3) is 0 Å². The SMILES string of the molecule is CC(C)(C=CCO)Cc1ccccc1. The van der Waals surface area contributed by atoms with Gasteiger partial charge in [0.25, 0.3) is 0 Å². The van der Waals surface area contributed by atoms with Crippen molar-refractivity contribution in [2.45, 2.75) is 20.3 Å². The molecule has 0 fully saturated rings. The van der Waals surface area contributed by atoms with E-state index >= 15 is 0 Å². The van der Waals surface area contributed by atoms with E-state index in [0.717, 1.165) is 6.42 Å². The van der Waals surface area contributed by atoms with Crippen molar-refractivity contribution in [1.82, 2.24) is 0 Å². The summed E-state index contributed by atoms with van der Waals surface area (Å²) < 4.78 is 0. The molecule has 0 atom stereocenters. The molecular formula is C13H18O. The molecule has 1 rings (SSSR count). The van der Waals surface area contributed by atoms with E-state index < -0.39 is 0 Å². The zero-order valence-electron chi connectivity index (χ0n) is 8.90. The molecule has 1 heteroatoms. The summed E-state index contributed by atoms with van der Waals surface area (Å²) in [5.74, 6) is 0. The molecule has 0 saturated heterocycles. The van der Waals surface area contributed by atoms with Crippen LogP contribution in [0.5, 0.6) is 0 Å². The first-order valence-corrected chi connectivity index (χ1v) is 4.96.